The number of likely N-dealkylation sites (tertiary alicyclic amines) is 1. The molecule has 2 rings (SSSR count). The van der Waals surface area contributed by atoms with Crippen molar-refractivity contribution < 1.29 is 19.1 Å². The average Bonchev–Trinajstić information content (AvgIpc) is 2.37. The van der Waals surface area contributed by atoms with E-state index in [0.717, 1.165) is 25.5 Å². The van der Waals surface area contributed by atoms with Crippen molar-refractivity contribution >= 4 is 12.1 Å². The van der Waals surface area contributed by atoms with Crippen molar-refractivity contribution in [2.75, 3.05) is 20.2 Å². The molecule has 1 aliphatic carbocycles. The topological polar surface area (TPSA) is 55.8 Å². The van der Waals surface area contributed by atoms with E-state index in [2.05, 4.69) is 6.58 Å². The summed E-state index contributed by atoms with van der Waals surface area (Å²) >= 11 is 0. The Labute approximate surface area is 113 Å². The summed E-state index contributed by atoms with van der Waals surface area (Å²) in [6.45, 7) is 6.47. The van der Waals surface area contributed by atoms with Crippen LogP contribution in [0, 0.1) is 17.3 Å². The summed E-state index contributed by atoms with van der Waals surface area (Å²) in [5, 5.41) is 0. The maximum absolute atomic E-state index is 12.1. The van der Waals surface area contributed by atoms with Crippen molar-refractivity contribution in [3.63, 3.8) is 0 Å². The zero-order valence-electron chi connectivity index (χ0n) is 11.6. The molecule has 2 unspecified atom stereocenters. The standard InChI is InChI=1S/C14H21NO4/c1-4-19-13(17)15-8-10-6-5-7-11(9-15)14(10,2)12(16)18-3/h4,10-11H,1,5-9H2,2-3H3. The van der Waals surface area contributed by atoms with Crippen LogP contribution in [0.15, 0.2) is 12.8 Å². The number of hydrogen-bond acceptors (Lipinski definition) is 4. The van der Waals surface area contributed by atoms with Crippen molar-refractivity contribution in [1.29, 1.82) is 0 Å². The zero-order valence-corrected chi connectivity index (χ0v) is 11.6. The van der Waals surface area contributed by atoms with E-state index in [1.165, 1.54) is 7.11 Å². The van der Waals surface area contributed by atoms with Crippen molar-refractivity contribution in [3.05, 3.63) is 12.8 Å². The van der Waals surface area contributed by atoms with E-state index in [9.17, 15) is 9.59 Å². The normalized spacial score (nSPS) is 33.5. The van der Waals surface area contributed by atoms with Crippen molar-refractivity contribution in [2.45, 2.75) is 26.2 Å². The molecule has 19 heavy (non-hydrogen) atoms. The van der Waals surface area contributed by atoms with Gasteiger partial charge in [0.1, 0.15) is 0 Å². The van der Waals surface area contributed by atoms with E-state index in [1.54, 1.807) is 4.90 Å². The Morgan fingerprint density at radius 2 is 1.89 bits per heavy atom. The van der Waals surface area contributed by atoms with Gasteiger partial charge < -0.3 is 14.4 Å². The Balaban J connectivity index is 2.19. The number of amides is 1. The molecule has 1 heterocycles. The van der Waals surface area contributed by atoms with Crippen LogP contribution in [0.25, 0.3) is 0 Å². The van der Waals surface area contributed by atoms with Gasteiger partial charge in [-0.05, 0) is 31.6 Å². The Hall–Kier alpha value is -1.52. The highest BCUT2D eigenvalue weighted by molar-refractivity contribution is 5.78. The van der Waals surface area contributed by atoms with Gasteiger partial charge in [0.15, 0.2) is 0 Å². The largest absolute Gasteiger partial charge is 0.469 e. The number of nitrogens with zero attached hydrogens (tertiary/aromatic N) is 1. The molecule has 1 saturated carbocycles. The number of esters is 1. The summed E-state index contributed by atoms with van der Waals surface area (Å²) in [6, 6.07) is 0. The molecule has 2 fully saturated rings. The summed E-state index contributed by atoms with van der Waals surface area (Å²) in [5.41, 5.74) is -0.474. The molecule has 0 spiro atoms. The Bertz CT molecular complexity index is 379. The number of rotatable bonds is 2. The second-order valence-corrected chi connectivity index (χ2v) is 5.55. The molecule has 0 aromatic heterocycles. The summed E-state index contributed by atoms with van der Waals surface area (Å²) in [7, 11) is 1.43. The Kier molecular flexibility index (Phi) is 3.83. The quantitative estimate of drug-likeness (QED) is 0.568. The maximum atomic E-state index is 12.1. The fourth-order valence-electron chi connectivity index (χ4n) is 3.56. The van der Waals surface area contributed by atoms with E-state index >= 15 is 0 Å². The number of methoxy groups -OCH3 is 1. The monoisotopic (exact) mass is 267 g/mol. The molecule has 5 nitrogen and oxygen atoms in total. The van der Waals surface area contributed by atoms with Gasteiger partial charge in [-0.3, -0.25) is 4.79 Å². The lowest BCUT2D eigenvalue weighted by atomic mass is 9.58. The fourth-order valence-corrected chi connectivity index (χ4v) is 3.56. The first kappa shape index (κ1) is 13.9. The minimum atomic E-state index is -0.474. The van der Waals surface area contributed by atoms with E-state index in [-0.39, 0.29) is 23.9 Å². The van der Waals surface area contributed by atoms with Gasteiger partial charge in [-0.1, -0.05) is 13.0 Å². The molecule has 2 atom stereocenters. The minimum Gasteiger partial charge on any atom is -0.469 e. The lowest BCUT2D eigenvalue weighted by Gasteiger charge is -2.51. The van der Waals surface area contributed by atoms with Crippen molar-refractivity contribution in [3.8, 4) is 0 Å². The van der Waals surface area contributed by atoms with E-state index in [1.807, 2.05) is 6.92 Å². The Morgan fingerprint density at radius 1 is 1.32 bits per heavy atom. The van der Waals surface area contributed by atoms with Crippen molar-refractivity contribution in [2.24, 2.45) is 17.3 Å². The van der Waals surface area contributed by atoms with Crippen LogP contribution in [-0.2, 0) is 14.3 Å². The summed E-state index contributed by atoms with van der Waals surface area (Å²) in [6.07, 6.45) is 3.76. The van der Waals surface area contributed by atoms with Crippen LogP contribution in [0.4, 0.5) is 4.79 Å². The maximum Gasteiger partial charge on any atom is 0.414 e. The molecule has 1 saturated heterocycles. The van der Waals surface area contributed by atoms with Gasteiger partial charge in [0.05, 0.1) is 18.8 Å². The van der Waals surface area contributed by atoms with Crippen molar-refractivity contribution in [1.82, 2.24) is 4.90 Å². The van der Waals surface area contributed by atoms with Gasteiger partial charge in [0.2, 0.25) is 0 Å². The molecule has 0 N–H and O–H groups in total. The number of piperidine rings is 1. The second kappa shape index (κ2) is 5.23. The highest BCUT2D eigenvalue weighted by atomic mass is 16.5. The molecule has 0 radical (unpaired) electrons. The molecular weight excluding hydrogens is 246 g/mol. The van der Waals surface area contributed by atoms with Crippen LogP contribution in [0.1, 0.15) is 26.2 Å². The number of carbonyl (C=O) groups excluding carboxylic acids is 2. The molecule has 106 valence electrons. The average molecular weight is 267 g/mol. The predicted octanol–water partition coefficient (Wildman–Crippen LogP) is 2.18. The van der Waals surface area contributed by atoms with Gasteiger partial charge in [-0.15, -0.1) is 0 Å². The summed E-state index contributed by atoms with van der Waals surface area (Å²) in [5.74, 6) is 0.133. The third-order valence-electron chi connectivity index (χ3n) is 4.75. The van der Waals surface area contributed by atoms with Crippen LogP contribution in [-0.4, -0.2) is 37.2 Å². The molecule has 0 aromatic carbocycles. The molecule has 1 aliphatic heterocycles. The van der Waals surface area contributed by atoms with E-state index in [0.29, 0.717) is 13.1 Å². The SMILES string of the molecule is C=COC(=O)N1CC2CCCC(C1)C2(C)C(=O)OC. The highest BCUT2D eigenvalue weighted by Crippen LogP contribution is 2.49. The van der Waals surface area contributed by atoms with Crippen LogP contribution < -0.4 is 0 Å². The van der Waals surface area contributed by atoms with Gasteiger partial charge in [-0.25, -0.2) is 4.79 Å². The molecule has 1 amide bonds. The van der Waals surface area contributed by atoms with Gasteiger partial charge in [-0.2, -0.15) is 0 Å². The van der Waals surface area contributed by atoms with Crippen LogP contribution in [0.3, 0.4) is 0 Å². The second-order valence-electron chi connectivity index (χ2n) is 5.55. The minimum absolute atomic E-state index is 0.143. The first-order chi connectivity index (χ1) is 9.03. The summed E-state index contributed by atoms with van der Waals surface area (Å²) < 4.78 is 9.82. The number of carbonyl (C=O) groups is 2. The number of hydrogen-bond donors (Lipinski definition) is 0. The predicted molar refractivity (Wildman–Crippen MR) is 69.2 cm³/mol. The first-order valence-corrected chi connectivity index (χ1v) is 6.69. The summed E-state index contributed by atoms with van der Waals surface area (Å²) in [4.78, 5) is 25.6. The van der Waals surface area contributed by atoms with Crippen LogP contribution >= 0.6 is 0 Å². The lowest BCUT2D eigenvalue weighted by molar-refractivity contribution is -0.168. The van der Waals surface area contributed by atoms with Gasteiger partial charge in [0, 0.05) is 13.1 Å². The fraction of sp³-hybridized carbons (Fsp3) is 0.714. The Morgan fingerprint density at radius 3 is 2.37 bits per heavy atom. The van der Waals surface area contributed by atoms with E-state index in [4.69, 9.17) is 9.47 Å². The zero-order chi connectivity index (χ0) is 14.0. The molecular formula is C14H21NO4. The van der Waals surface area contributed by atoms with Crippen LogP contribution in [0.5, 0.6) is 0 Å². The van der Waals surface area contributed by atoms with Gasteiger partial charge >= 0.3 is 12.1 Å². The smallest absolute Gasteiger partial charge is 0.414 e. The van der Waals surface area contributed by atoms with Gasteiger partial charge in [0.25, 0.3) is 0 Å². The lowest BCUT2D eigenvalue weighted by Crippen LogP contribution is -2.59. The molecule has 2 aliphatic rings. The number of ether oxygens (including phenoxy) is 2. The third kappa shape index (κ3) is 2.22. The first-order valence-electron chi connectivity index (χ1n) is 6.69. The highest BCUT2D eigenvalue weighted by Gasteiger charge is 2.54. The molecule has 5 heteroatoms. The van der Waals surface area contributed by atoms with E-state index < -0.39 is 5.41 Å². The number of fused-ring (bicyclic) bond motifs is 2. The third-order valence-corrected chi connectivity index (χ3v) is 4.75. The van der Waals surface area contributed by atoms with Crippen LogP contribution in [0.2, 0.25) is 0 Å². The molecule has 2 bridgehead atoms. The molecule has 0 aromatic rings.